The number of nitrogens with zero attached hydrogens (tertiary/aromatic N) is 3. The molecular formula is C25H29N3O3. The van der Waals surface area contributed by atoms with Gasteiger partial charge in [0.1, 0.15) is 0 Å². The molecule has 0 saturated carbocycles. The van der Waals surface area contributed by atoms with E-state index in [1.807, 2.05) is 46.2 Å². The molecule has 2 aromatic carbocycles. The molecule has 0 aliphatic carbocycles. The Kier molecular flexibility index (Phi) is 5.50. The minimum atomic E-state index is -0.0499. The average Bonchev–Trinajstić information content (AvgIpc) is 3.42. The zero-order valence-electron chi connectivity index (χ0n) is 18.0. The molecule has 2 saturated heterocycles. The van der Waals surface area contributed by atoms with Crippen molar-refractivity contribution in [3.8, 4) is 0 Å². The number of rotatable bonds is 4. The summed E-state index contributed by atoms with van der Waals surface area (Å²) in [6.45, 7) is 4.18. The van der Waals surface area contributed by atoms with Gasteiger partial charge in [-0.15, -0.1) is 0 Å². The SMILES string of the molecule is CN1CCN(C(=O)c2cccc3c2C(=O)N(C[C@@H]2CCCO2)C3)[C@H](c2ccccc2)C1. The molecule has 0 aromatic heterocycles. The molecule has 6 heteroatoms. The first-order chi connectivity index (χ1) is 15.1. The van der Waals surface area contributed by atoms with Crippen LogP contribution < -0.4 is 0 Å². The predicted octanol–water partition coefficient (Wildman–Crippen LogP) is 2.95. The molecule has 0 unspecified atom stereocenters. The Bertz CT molecular complexity index is 971. The lowest BCUT2D eigenvalue weighted by atomic mass is 9.98. The number of hydrogen-bond acceptors (Lipinski definition) is 4. The van der Waals surface area contributed by atoms with Crippen LogP contribution in [0.2, 0.25) is 0 Å². The van der Waals surface area contributed by atoms with Gasteiger partial charge in [-0.3, -0.25) is 9.59 Å². The van der Waals surface area contributed by atoms with Gasteiger partial charge in [0.15, 0.2) is 0 Å². The van der Waals surface area contributed by atoms with E-state index in [4.69, 9.17) is 4.74 Å². The van der Waals surface area contributed by atoms with Crippen molar-refractivity contribution >= 4 is 11.8 Å². The van der Waals surface area contributed by atoms with Crippen LogP contribution in [-0.2, 0) is 11.3 Å². The average molecular weight is 420 g/mol. The Morgan fingerprint density at radius 2 is 1.94 bits per heavy atom. The highest BCUT2D eigenvalue weighted by Crippen LogP contribution is 2.32. The number of ether oxygens (including phenoxy) is 1. The summed E-state index contributed by atoms with van der Waals surface area (Å²) in [6.07, 6.45) is 2.15. The van der Waals surface area contributed by atoms with Crippen molar-refractivity contribution in [1.29, 1.82) is 0 Å². The van der Waals surface area contributed by atoms with Gasteiger partial charge in [-0.1, -0.05) is 42.5 Å². The van der Waals surface area contributed by atoms with Crippen LogP contribution in [0.15, 0.2) is 48.5 Å². The van der Waals surface area contributed by atoms with Crippen LogP contribution in [0.4, 0.5) is 0 Å². The Labute approximate surface area is 183 Å². The van der Waals surface area contributed by atoms with Gasteiger partial charge >= 0.3 is 0 Å². The lowest BCUT2D eigenvalue weighted by Crippen LogP contribution is -2.49. The zero-order valence-corrected chi connectivity index (χ0v) is 18.0. The van der Waals surface area contributed by atoms with Gasteiger partial charge in [-0.2, -0.15) is 0 Å². The molecule has 0 N–H and O–H groups in total. The van der Waals surface area contributed by atoms with E-state index in [2.05, 4.69) is 24.1 Å². The van der Waals surface area contributed by atoms with Gasteiger partial charge in [0.2, 0.25) is 0 Å². The molecule has 0 spiro atoms. The van der Waals surface area contributed by atoms with Crippen molar-refractivity contribution in [2.75, 3.05) is 39.8 Å². The van der Waals surface area contributed by atoms with Gasteiger partial charge < -0.3 is 19.4 Å². The summed E-state index contributed by atoms with van der Waals surface area (Å²) in [5.41, 5.74) is 3.18. The van der Waals surface area contributed by atoms with Gasteiger partial charge in [0.05, 0.1) is 23.3 Å². The summed E-state index contributed by atoms with van der Waals surface area (Å²) in [5.74, 6) is -0.0917. The van der Waals surface area contributed by atoms with Crippen molar-refractivity contribution in [1.82, 2.24) is 14.7 Å². The van der Waals surface area contributed by atoms with Crippen molar-refractivity contribution in [2.45, 2.75) is 31.5 Å². The molecule has 0 bridgehead atoms. The minimum Gasteiger partial charge on any atom is -0.376 e. The van der Waals surface area contributed by atoms with E-state index < -0.39 is 0 Å². The summed E-state index contributed by atoms with van der Waals surface area (Å²) in [5, 5.41) is 0. The van der Waals surface area contributed by atoms with Crippen LogP contribution in [0, 0.1) is 0 Å². The fourth-order valence-electron chi connectivity index (χ4n) is 5.06. The van der Waals surface area contributed by atoms with Crippen molar-refractivity contribution in [3.05, 3.63) is 70.8 Å². The second-order valence-electron chi connectivity index (χ2n) is 8.85. The first kappa shape index (κ1) is 20.2. The quantitative estimate of drug-likeness (QED) is 0.765. The summed E-state index contributed by atoms with van der Waals surface area (Å²) < 4.78 is 5.73. The number of amides is 2. The van der Waals surface area contributed by atoms with E-state index in [1.54, 1.807) is 0 Å². The molecule has 5 rings (SSSR count). The standard InChI is InChI=1S/C25H29N3O3/c1-26-12-13-28(22(17-26)18-7-3-2-4-8-18)24(29)21-11-5-9-19-15-27(25(30)23(19)21)16-20-10-6-14-31-20/h2-5,7-9,11,20,22H,6,10,12-17H2,1H3/t20-,22-/m0/s1. The Balaban J connectivity index is 1.43. The highest BCUT2D eigenvalue weighted by molar-refractivity contribution is 6.09. The second kappa shape index (κ2) is 8.44. The van der Waals surface area contributed by atoms with Crippen LogP contribution >= 0.6 is 0 Å². The second-order valence-corrected chi connectivity index (χ2v) is 8.85. The predicted molar refractivity (Wildman–Crippen MR) is 118 cm³/mol. The van der Waals surface area contributed by atoms with Crippen molar-refractivity contribution in [2.24, 2.45) is 0 Å². The maximum Gasteiger partial charge on any atom is 0.255 e. The number of carbonyl (C=O) groups excluding carboxylic acids is 2. The lowest BCUT2D eigenvalue weighted by molar-refractivity contribution is 0.0486. The van der Waals surface area contributed by atoms with E-state index >= 15 is 0 Å². The molecule has 162 valence electrons. The third kappa shape index (κ3) is 3.86. The molecule has 2 aromatic rings. The molecule has 2 fully saturated rings. The highest BCUT2D eigenvalue weighted by Gasteiger charge is 2.37. The molecule has 2 atom stereocenters. The molecule has 31 heavy (non-hydrogen) atoms. The fraction of sp³-hybridized carbons (Fsp3) is 0.440. The van der Waals surface area contributed by atoms with Crippen LogP contribution in [-0.4, -0.2) is 72.5 Å². The van der Waals surface area contributed by atoms with E-state index in [9.17, 15) is 9.59 Å². The van der Waals surface area contributed by atoms with Crippen LogP contribution in [0.25, 0.3) is 0 Å². The normalized spacial score (nSPS) is 24.0. The molecule has 3 aliphatic heterocycles. The molecule has 2 amide bonds. The molecular weight excluding hydrogens is 390 g/mol. The van der Waals surface area contributed by atoms with E-state index in [0.717, 1.165) is 43.7 Å². The summed E-state index contributed by atoms with van der Waals surface area (Å²) >= 11 is 0. The summed E-state index contributed by atoms with van der Waals surface area (Å²) in [7, 11) is 2.09. The molecule has 3 heterocycles. The summed E-state index contributed by atoms with van der Waals surface area (Å²) in [4.78, 5) is 33.1. The first-order valence-corrected chi connectivity index (χ1v) is 11.2. The Morgan fingerprint density at radius 1 is 1.10 bits per heavy atom. The lowest BCUT2D eigenvalue weighted by Gasteiger charge is -2.40. The highest BCUT2D eigenvalue weighted by atomic mass is 16.5. The van der Waals surface area contributed by atoms with Gasteiger partial charge in [0, 0.05) is 39.3 Å². The van der Waals surface area contributed by atoms with Gasteiger partial charge in [0.25, 0.3) is 11.8 Å². The first-order valence-electron chi connectivity index (χ1n) is 11.2. The molecule has 6 nitrogen and oxygen atoms in total. The number of piperazine rings is 1. The molecule has 3 aliphatic rings. The fourth-order valence-corrected chi connectivity index (χ4v) is 5.06. The number of carbonyl (C=O) groups is 2. The monoisotopic (exact) mass is 419 g/mol. The van der Waals surface area contributed by atoms with Gasteiger partial charge in [-0.05, 0) is 37.1 Å². The van der Waals surface area contributed by atoms with E-state index in [-0.39, 0.29) is 24.0 Å². The van der Waals surface area contributed by atoms with Crippen LogP contribution in [0.1, 0.15) is 50.7 Å². The van der Waals surface area contributed by atoms with Crippen LogP contribution in [0.3, 0.4) is 0 Å². The number of hydrogen-bond donors (Lipinski definition) is 0. The van der Waals surface area contributed by atoms with Crippen molar-refractivity contribution in [3.63, 3.8) is 0 Å². The molecule has 0 radical (unpaired) electrons. The minimum absolute atomic E-state index is 0.0252. The topological polar surface area (TPSA) is 53.1 Å². The third-order valence-electron chi connectivity index (χ3n) is 6.72. The maximum atomic E-state index is 13.8. The number of benzene rings is 2. The maximum absolute atomic E-state index is 13.8. The van der Waals surface area contributed by atoms with Crippen molar-refractivity contribution < 1.29 is 14.3 Å². The van der Waals surface area contributed by atoms with E-state index in [1.165, 1.54) is 0 Å². The number of likely N-dealkylation sites (N-methyl/N-ethyl adjacent to an activating group) is 1. The summed E-state index contributed by atoms with van der Waals surface area (Å²) in [6, 6.07) is 15.8. The Morgan fingerprint density at radius 3 is 2.71 bits per heavy atom. The van der Waals surface area contributed by atoms with Crippen LogP contribution in [0.5, 0.6) is 0 Å². The van der Waals surface area contributed by atoms with Gasteiger partial charge in [-0.25, -0.2) is 0 Å². The largest absolute Gasteiger partial charge is 0.376 e. The Hall–Kier alpha value is -2.70. The number of fused-ring (bicyclic) bond motifs is 1. The van der Waals surface area contributed by atoms with E-state index in [0.29, 0.717) is 30.8 Å². The third-order valence-corrected chi connectivity index (χ3v) is 6.72. The smallest absolute Gasteiger partial charge is 0.255 e. The zero-order chi connectivity index (χ0) is 21.4.